The molecule has 0 saturated heterocycles. The van der Waals surface area contributed by atoms with E-state index in [0.29, 0.717) is 6.54 Å². The van der Waals surface area contributed by atoms with Gasteiger partial charge in [-0.1, -0.05) is 25.1 Å². The van der Waals surface area contributed by atoms with Crippen LogP contribution in [0.1, 0.15) is 25.3 Å². The molecule has 112 valence electrons. The third-order valence-corrected chi connectivity index (χ3v) is 4.06. The standard InChI is InChI=1S/C17H28N2O/c1-5-11-17(6-2,19(3)4)14-15-7-9-16(10-8-15)18-12-13-20/h5,7-10,18,20H,1,6,11-14H2,2-4H3. The maximum Gasteiger partial charge on any atom is 0.0604 e. The van der Waals surface area contributed by atoms with Gasteiger partial charge in [0.1, 0.15) is 0 Å². The van der Waals surface area contributed by atoms with Crippen LogP contribution in [0.15, 0.2) is 36.9 Å². The third kappa shape index (κ3) is 4.36. The second kappa shape index (κ2) is 8.08. The van der Waals surface area contributed by atoms with Crippen molar-refractivity contribution in [1.29, 1.82) is 0 Å². The Bertz CT molecular complexity index is 400. The Kier molecular flexibility index (Phi) is 6.76. The number of nitrogens with one attached hydrogen (secondary N) is 1. The zero-order valence-electron chi connectivity index (χ0n) is 13.0. The smallest absolute Gasteiger partial charge is 0.0604 e. The zero-order chi connectivity index (χ0) is 15.0. The minimum atomic E-state index is 0.141. The predicted molar refractivity (Wildman–Crippen MR) is 87.2 cm³/mol. The molecule has 0 saturated carbocycles. The molecule has 0 bridgehead atoms. The van der Waals surface area contributed by atoms with Gasteiger partial charge in [0.2, 0.25) is 0 Å². The number of anilines is 1. The molecule has 0 aliphatic carbocycles. The molecule has 1 aromatic carbocycles. The molecule has 1 unspecified atom stereocenters. The van der Waals surface area contributed by atoms with E-state index in [9.17, 15) is 0 Å². The van der Waals surface area contributed by atoms with E-state index in [-0.39, 0.29) is 12.1 Å². The Morgan fingerprint density at radius 3 is 2.40 bits per heavy atom. The van der Waals surface area contributed by atoms with Crippen LogP contribution in [-0.4, -0.2) is 42.8 Å². The molecule has 0 aliphatic heterocycles. The Hall–Kier alpha value is -1.32. The molecule has 20 heavy (non-hydrogen) atoms. The van der Waals surface area contributed by atoms with Crippen LogP contribution in [-0.2, 0) is 6.42 Å². The van der Waals surface area contributed by atoms with Gasteiger partial charge in [0, 0.05) is 17.8 Å². The molecule has 0 radical (unpaired) electrons. The molecular formula is C17H28N2O. The lowest BCUT2D eigenvalue weighted by molar-refractivity contribution is 0.147. The summed E-state index contributed by atoms with van der Waals surface area (Å²) in [4.78, 5) is 2.31. The quantitative estimate of drug-likeness (QED) is 0.681. The van der Waals surface area contributed by atoms with E-state index in [1.54, 1.807) is 0 Å². The highest BCUT2D eigenvalue weighted by Gasteiger charge is 2.29. The normalized spacial score (nSPS) is 14.1. The summed E-state index contributed by atoms with van der Waals surface area (Å²) in [7, 11) is 4.29. The monoisotopic (exact) mass is 276 g/mol. The van der Waals surface area contributed by atoms with Crippen LogP contribution in [0, 0.1) is 0 Å². The van der Waals surface area contributed by atoms with Crippen molar-refractivity contribution in [2.24, 2.45) is 0 Å². The minimum Gasteiger partial charge on any atom is -0.395 e. The van der Waals surface area contributed by atoms with Crippen molar-refractivity contribution < 1.29 is 5.11 Å². The molecule has 0 amide bonds. The van der Waals surface area contributed by atoms with E-state index < -0.39 is 0 Å². The minimum absolute atomic E-state index is 0.141. The summed E-state index contributed by atoms with van der Waals surface area (Å²) in [6.45, 7) is 6.88. The number of benzene rings is 1. The first-order valence-electron chi connectivity index (χ1n) is 7.30. The first-order valence-corrected chi connectivity index (χ1v) is 7.30. The summed E-state index contributed by atoms with van der Waals surface area (Å²) in [6, 6.07) is 8.48. The average molecular weight is 276 g/mol. The van der Waals surface area contributed by atoms with Crippen molar-refractivity contribution in [2.45, 2.75) is 31.7 Å². The first-order chi connectivity index (χ1) is 9.57. The average Bonchev–Trinajstić information content (AvgIpc) is 2.45. The summed E-state index contributed by atoms with van der Waals surface area (Å²) >= 11 is 0. The highest BCUT2D eigenvalue weighted by Crippen LogP contribution is 2.27. The fraction of sp³-hybridized carbons (Fsp3) is 0.529. The number of hydrogen-bond acceptors (Lipinski definition) is 3. The van der Waals surface area contributed by atoms with Crippen molar-refractivity contribution in [3.63, 3.8) is 0 Å². The SMILES string of the molecule is C=CCC(CC)(Cc1ccc(NCCO)cc1)N(C)C. The lowest BCUT2D eigenvalue weighted by Gasteiger charge is -2.39. The van der Waals surface area contributed by atoms with Crippen molar-refractivity contribution in [3.8, 4) is 0 Å². The molecule has 0 heterocycles. The predicted octanol–water partition coefficient (Wildman–Crippen LogP) is 2.92. The lowest BCUT2D eigenvalue weighted by Crippen LogP contribution is -2.45. The van der Waals surface area contributed by atoms with Gasteiger partial charge in [0.25, 0.3) is 0 Å². The number of nitrogens with zero attached hydrogens (tertiary/aromatic N) is 1. The van der Waals surface area contributed by atoms with Crippen LogP contribution in [0.4, 0.5) is 5.69 Å². The fourth-order valence-corrected chi connectivity index (χ4v) is 2.59. The second-order valence-electron chi connectivity index (χ2n) is 5.49. The van der Waals surface area contributed by atoms with Crippen LogP contribution in [0.3, 0.4) is 0 Å². The highest BCUT2D eigenvalue weighted by atomic mass is 16.3. The number of rotatable bonds is 9. The van der Waals surface area contributed by atoms with Crippen molar-refractivity contribution in [2.75, 3.05) is 32.6 Å². The van der Waals surface area contributed by atoms with Gasteiger partial charge in [-0.05, 0) is 51.1 Å². The van der Waals surface area contributed by atoms with E-state index in [0.717, 1.165) is 24.9 Å². The Morgan fingerprint density at radius 1 is 1.30 bits per heavy atom. The molecule has 0 aliphatic rings. The Labute approximate surface area is 123 Å². The number of hydrogen-bond donors (Lipinski definition) is 2. The topological polar surface area (TPSA) is 35.5 Å². The largest absolute Gasteiger partial charge is 0.395 e. The van der Waals surface area contributed by atoms with Gasteiger partial charge in [-0.3, -0.25) is 0 Å². The zero-order valence-corrected chi connectivity index (χ0v) is 13.0. The number of aliphatic hydroxyl groups excluding tert-OH is 1. The van der Waals surface area contributed by atoms with Gasteiger partial charge < -0.3 is 15.3 Å². The summed E-state index contributed by atoms with van der Waals surface area (Å²) < 4.78 is 0. The number of aliphatic hydroxyl groups is 1. The van der Waals surface area contributed by atoms with Gasteiger partial charge in [-0.2, -0.15) is 0 Å². The van der Waals surface area contributed by atoms with Crippen LogP contribution in [0.25, 0.3) is 0 Å². The molecule has 2 N–H and O–H groups in total. The van der Waals surface area contributed by atoms with Gasteiger partial charge in [-0.25, -0.2) is 0 Å². The van der Waals surface area contributed by atoms with Crippen molar-refractivity contribution in [3.05, 3.63) is 42.5 Å². The molecule has 0 spiro atoms. The van der Waals surface area contributed by atoms with E-state index >= 15 is 0 Å². The fourth-order valence-electron chi connectivity index (χ4n) is 2.59. The lowest BCUT2D eigenvalue weighted by atomic mass is 9.84. The molecule has 3 nitrogen and oxygen atoms in total. The van der Waals surface area contributed by atoms with Gasteiger partial charge in [0.15, 0.2) is 0 Å². The third-order valence-electron chi connectivity index (χ3n) is 4.06. The summed E-state index contributed by atoms with van der Waals surface area (Å²) in [5, 5.41) is 12.0. The molecule has 3 heteroatoms. The second-order valence-corrected chi connectivity index (χ2v) is 5.49. The summed E-state index contributed by atoms with van der Waals surface area (Å²) in [5.41, 5.74) is 2.53. The highest BCUT2D eigenvalue weighted by molar-refractivity contribution is 5.44. The van der Waals surface area contributed by atoms with Crippen LogP contribution in [0.2, 0.25) is 0 Å². The van der Waals surface area contributed by atoms with Crippen molar-refractivity contribution >= 4 is 5.69 Å². The summed E-state index contributed by atoms with van der Waals surface area (Å²) in [5.74, 6) is 0. The molecular weight excluding hydrogens is 248 g/mol. The van der Waals surface area contributed by atoms with Crippen LogP contribution >= 0.6 is 0 Å². The van der Waals surface area contributed by atoms with E-state index in [4.69, 9.17) is 5.11 Å². The maximum atomic E-state index is 8.81. The van der Waals surface area contributed by atoms with Gasteiger partial charge >= 0.3 is 0 Å². The first kappa shape index (κ1) is 16.7. The van der Waals surface area contributed by atoms with E-state index in [1.165, 1.54) is 5.56 Å². The number of likely N-dealkylation sites (N-methyl/N-ethyl adjacent to an activating group) is 1. The van der Waals surface area contributed by atoms with E-state index in [2.05, 4.69) is 62.1 Å². The van der Waals surface area contributed by atoms with Gasteiger partial charge in [-0.15, -0.1) is 6.58 Å². The maximum absolute atomic E-state index is 8.81. The molecule has 1 aromatic rings. The molecule has 1 atom stereocenters. The Balaban J connectivity index is 2.80. The Morgan fingerprint density at radius 2 is 1.95 bits per heavy atom. The van der Waals surface area contributed by atoms with Gasteiger partial charge in [0.05, 0.1) is 6.61 Å². The molecule has 1 rings (SSSR count). The van der Waals surface area contributed by atoms with Crippen molar-refractivity contribution in [1.82, 2.24) is 4.90 Å². The van der Waals surface area contributed by atoms with E-state index in [1.807, 2.05) is 6.08 Å². The van der Waals surface area contributed by atoms with Crippen LogP contribution < -0.4 is 5.32 Å². The molecule has 0 fully saturated rings. The van der Waals surface area contributed by atoms with Crippen LogP contribution in [0.5, 0.6) is 0 Å². The molecule has 0 aromatic heterocycles. The summed E-state index contributed by atoms with van der Waals surface area (Å²) in [6.07, 6.45) is 5.11.